The highest BCUT2D eigenvalue weighted by molar-refractivity contribution is 5.45. The average Bonchev–Trinajstić information content (AvgIpc) is 2.52. The van der Waals surface area contributed by atoms with Crippen LogP contribution in [-0.4, -0.2) is 0 Å². The number of nitrogen functional groups attached to an aromatic ring is 1. The van der Waals surface area contributed by atoms with Crippen LogP contribution in [0.2, 0.25) is 0 Å². The first kappa shape index (κ1) is 8.69. The second-order valence-corrected chi connectivity index (χ2v) is 3.02. The number of anilines is 1. The first-order chi connectivity index (χ1) is 6.75. The van der Waals surface area contributed by atoms with Gasteiger partial charge in [0.25, 0.3) is 0 Å². The Morgan fingerprint density at radius 2 is 2.14 bits per heavy atom. The van der Waals surface area contributed by atoms with Crippen LogP contribution in [0.3, 0.4) is 0 Å². The number of ether oxygens (including phenoxy) is 1. The van der Waals surface area contributed by atoms with Crippen molar-refractivity contribution in [2.75, 3.05) is 5.73 Å². The molecule has 0 bridgehead atoms. The van der Waals surface area contributed by atoms with Gasteiger partial charge in [-0.1, -0.05) is 6.07 Å². The molecule has 1 aromatic heterocycles. The van der Waals surface area contributed by atoms with E-state index in [-0.39, 0.29) is 0 Å². The molecule has 0 spiro atoms. The second kappa shape index (κ2) is 3.46. The summed E-state index contributed by atoms with van der Waals surface area (Å²) in [5.41, 5.74) is 6.31. The molecular formula is C11H11NO2. The van der Waals surface area contributed by atoms with Gasteiger partial charge in [0, 0.05) is 17.8 Å². The Bertz CT molecular complexity index is 434. The van der Waals surface area contributed by atoms with Crippen LogP contribution in [0.15, 0.2) is 41.0 Å². The minimum Gasteiger partial charge on any atom is -0.466 e. The van der Waals surface area contributed by atoms with E-state index in [0.717, 1.165) is 17.3 Å². The summed E-state index contributed by atoms with van der Waals surface area (Å²) in [6, 6.07) is 9.06. The molecule has 14 heavy (non-hydrogen) atoms. The largest absolute Gasteiger partial charge is 0.466 e. The summed E-state index contributed by atoms with van der Waals surface area (Å²) in [5, 5.41) is 0. The number of hydrogen-bond donors (Lipinski definition) is 1. The molecule has 3 heteroatoms. The smallest absolute Gasteiger partial charge is 0.168 e. The fourth-order valence-corrected chi connectivity index (χ4v) is 1.18. The van der Waals surface area contributed by atoms with Crippen molar-refractivity contribution >= 4 is 5.69 Å². The predicted octanol–water partition coefficient (Wildman–Crippen LogP) is 2.96. The van der Waals surface area contributed by atoms with Crippen LogP contribution in [-0.2, 0) is 0 Å². The topological polar surface area (TPSA) is 48.4 Å². The summed E-state index contributed by atoms with van der Waals surface area (Å²) in [4.78, 5) is 0. The lowest BCUT2D eigenvalue weighted by Crippen LogP contribution is -1.87. The van der Waals surface area contributed by atoms with Gasteiger partial charge in [-0.3, -0.25) is 0 Å². The van der Waals surface area contributed by atoms with E-state index in [1.807, 2.05) is 25.1 Å². The lowest BCUT2D eigenvalue weighted by Gasteiger charge is -2.03. The van der Waals surface area contributed by atoms with Crippen LogP contribution in [0.1, 0.15) is 5.76 Å². The van der Waals surface area contributed by atoms with Crippen LogP contribution in [0, 0.1) is 6.92 Å². The van der Waals surface area contributed by atoms with Crippen molar-refractivity contribution < 1.29 is 9.15 Å². The predicted molar refractivity (Wildman–Crippen MR) is 54.4 cm³/mol. The third-order valence-corrected chi connectivity index (χ3v) is 1.90. The molecule has 0 aliphatic heterocycles. The monoisotopic (exact) mass is 189 g/mol. The van der Waals surface area contributed by atoms with Gasteiger partial charge in [0.05, 0.1) is 6.26 Å². The number of hydrogen-bond acceptors (Lipinski definition) is 3. The van der Waals surface area contributed by atoms with E-state index in [0.29, 0.717) is 5.69 Å². The van der Waals surface area contributed by atoms with E-state index in [9.17, 15) is 0 Å². The Morgan fingerprint density at radius 1 is 1.29 bits per heavy atom. The van der Waals surface area contributed by atoms with E-state index < -0.39 is 0 Å². The van der Waals surface area contributed by atoms with Gasteiger partial charge in [-0.15, -0.1) is 0 Å². The maximum atomic E-state index is 5.62. The molecule has 0 saturated heterocycles. The van der Waals surface area contributed by atoms with Gasteiger partial charge in [-0.2, -0.15) is 0 Å². The van der Waals surface area contributed by atoms with Crippen molar-refractivity contribution in [2.24, 2.45) is 0 Å². The van der Waals surface area contributed by atoms with Crippen molar-refractivity contribution in [3.63, 3.8) is 0 Å². The van der Waals surface area contributed by atoms with Gasteiger partial charge in [0.1, 0.15) is 11.5 Å². The molecule has 72 valence electrons. The van der Waals surface area contributed by atoms with Crippen LogP contribution < -0.4 is 10.5 Å². The van der Waals surface area contributed by atoms with Gasteiger partial charge in [0.2, 0.25) is 0 Å². The molecule has 0 aliphatic rings. The van der Waals surface area contributed by atoms with Gasteiger partial charge in [0.15, 0.2) is 5.75 Å². The zero-order chi connectivity index (χ0) is 9.97. The lowest BCUT2D eigenvalue weighted by molar-refractivity contribution is 0.451. The van der Waals surface area contributed by atoms with E-state index >= 15 is 0 Å². The van der Waals surface area contributed by atoms with Crippen molar-refractivity contribution in [3.05, 3.63) is 42.4 Å². The molecule has 1 aromatic carbocycles. The molecule has 0 fully saturated rings. The molecule has 2 N–H and O–H groups in total. The quantitative estimate of drug-likeness (QED) is 0.739. The molecule has 2 rings (SSSR count). The Balaban J connectivity index is 2.23. The maximum absolute atomic E-state index is 5.62. The van der Waals surface area contributed by atoms with Gasteiger partial charge in [-0.05, 0) is 19.1 Å². The fraction of sp³-hybridized carbons (Fsp3) is 0.0909. The third-order valence-electron chi connectivity index (χ3n) is 1.90. The zero-order valence-electron chi connectivity index (χ0n) is 7.86. The summed E-state index contributed by atoms with van der Waals surface area (Å²) >= 11 is 0. The summed E-state index contributed by atoms with van der Waals surface area (Å²) in [6.45, 7) is 1.85. The first-order valence-corrected chi connectivity index (χ1v) is 4.33. The highest BCUT2D eigenvalue weighted by Gasteiger charge is 2.03. The van der Waals surface area contributed by atoms with Gasteiger partial charge < -0.3 is 14.9 Å². The molecule has 0 saturated carbocycles. The van der Waals surface area contributed by atoms with Crippen LogP contribution in [0.4, 0.5) is 5.69 Å². The molecular weight excluding hydrogens is 178 g/mol. The molecule has 0 aliphatic carbocycles. The Morgan fingerprint density at radius 3 is 2.79 bits per heavy atom. The van der Waals surface area contributed by atoms with Crippen molar-refractivity contribution in [1.29, 1.82) is 0 Å². The summed E-state index contributed by atoms with van der Waals surface area (Å²) in [6.07, 6.45) is 1.59. The van der Waals surface area contributed by atoms with Crippen molar-refractivity contribution in [1.82, 2.24) is 0 Å². The molecule has 0 radical (unpaired) electrons. The molecule has 2 aromatic rings. The molecule has 0 amide bonds. The number of furan rings is 1. The lowest BCUT2D eigenvalue weighted by atomic mass is 10.3. The van der Waals surface area contributed by atoms with Crippen molar-refractivity contribution in [3.8, 4) is 11.5 Å². The van der Waals surface area contributed by atoms with Gasteiger partial charge in [-0.25, -0.2) is 0 Å². The minimum atomic E-state index is 0.684. The Kier molecular flexibility index (Phi) is 2.14. The van der Waals surface area contributed by atoms with Crippen LogP contribution >= 0.6 is 0 Å². The van der Waals surface area contributed by atoms with Crippen LogP contribution in [0.25, 0.3) is 0 Å². The molecule has 1 heterocycles. The fourth-order valence-electron chi connectivity index (χ4n) is 1.18. The Hall–Kier alpha value is -1.90. The maximum Gasteiger partial charge on any atom is 0.168 e. The van der Waals surface area contributed by atoms with Crippen molar-refractivity contribution in [2.45, 2.75) is 6.92 Å². The Labute approximate surface area is 82.1 Å². The molecule has 0 unspecified atom stereocenters. The SMILES string of the molecule is Cc1occc1Oc1cccc(N)c1. The van der Waals surface area contributed by atoms with E-state index in [2.05, 4.69) is 0 Å². The van der Waals surface area contributed by atoms with E-state index in [4.69, 9.17) is 14.9 Å². The number of benzene rings is 1. The van der Waals surface area contributed by atoms with Gasteiger partial charge >= 0.3 is 0 Å². The highest BCUT2D eigenvalue weighted by Crippen LogP contribution is 2.26. The molecule has 0 atom stereocenters. The second-order valence-electron chi connectivity index (χ2n) is 3.02. The summed E-state index contributed by atoms with van der Waals surface area (Å²) in [7, 11) is 0. The highest BCUT2D eigenvalue weighted by atomic mass is 16.5. The summed E-state index contributed by atoms with van der Waals surface area (Å²) < 4.78 is 10.7. The zero-order valence-corrected chi connectivity index (χ0v) is 7.86. The minimum absolute atomic E-state index is 0.684. The number of nitrogens with two attached hydrogens (primary N) is 1. The van der Waals surface area contributed by atoms with Crippen LogP contribution in [0.5, 0.6) is 11.5 Å². The van der Waals surface area contributed by atoms with E-state index in [1.54, 1.807) is 18.4 Å². The van der Waals surface area contributed by atoms with E-state index in [1.165, 1.54) is 0 Å². The third kappa shape index (κ3) is 1.71. The number of rotatable bonds is 2. The molecule has 3 nitrogen and oxygen atoms in total. The normalized spacial score (nSPS) is 10.1. The summed E-state index contributed by atoms with van der Waals surface area (Å²) in [5.74, 6) is 2.19. The standard InChI is InChI=1S/C11H11NO2/c1-8-11(5-6-13-8)14-10-4-2-3-9(12)7-10/h2-7H,12H2,1H3. The average molecular weight is 189 g/mol. The first-order valence-electron chi connectivity index (χ1n) is 4.33. The number of aryl methyl sites for hydroxylation is 1.